The summed E-state index contributed by atoms with van der Waals surface area (Å²) in [5, 5.41) is 11.7. The van der Waals surface area contributed by atoms with Crippen LogP contribution in [-0.2, 0) is 20.9 Å². The maximum Gasteiger partial charge on any atom is 0.305 e. The highest BCUT2D eigenvalue weighted by Gasteiger charge is 2.33. The molecule has 1 atom stereocenters. The summed E-state index contributed by atoms with van der Waals surface area (Å²) >= 11 is 0. The molecule has 2 N–H and O–H groups in total. The van der Waals surface area contributed by atoms with Crippen LogP contribution in [-0.4, -0.2) is 34.3 Å². The number of halogens is 2. The maximum atomic E-state index is 14.1. The van der Waals surface area contributed by atoms with Gasteiger partial charge in [-0.15, -0.1) is 0 Å². The van der Waals surface area contributed by atoms with Crippen molar-refractivity contribution in [1.82, 2.24) is 4.90 Å². The molecule has 0 aromatic heterocycles. The summed E-state index contributed by atoms with van der Waals surface area (Å²) in [6.45, 7) is -0.486. The molecule has 1 aliphatic heterocycles. The van der Waals surface area contributed by atoms with Gasteiger partial charge >= 0.3 is 5.97 Å². The van der Waals surface area contributed by atoms with Crippen molar-refractivity contribution in [3.63, 3.8) is 0 Å². The summed E-state index contributed by atoms with van der Waals surface area (Å²) in [7, 11) is 0. The Morgan fingerprint density at radius 1 is 1.14 bits per heavy atom. The highest BCUT2D eigenvalue weighted by molar-refractivity contribution is 6.01. The van der Waals surface area contributed by atoms with Crippen molar-refractivity contribution < 1.29 is 28.3 Å². The SMILES string of the molecule is O=C(O)CCN(Cc1cccc(F)c1F)C(=O)[C@@H]1CC(=O)Nc2ccccc21. The van der Waals surface area contributed by atoms with Crippen molar-refractivity contribution in [2.45, 2.75) is 25.3 Å². The third-order valence-electron chi connectivity index (χ3n) is 4.60. The van der Waals surface area contributed by atoms with Crippen LogP contribution in [0.5, 0.6) is 0 Å². The van der Waals surface area contributed by atoms with Crippen molar-refractivity contribution in [3.05, 3.63) is 65.2 Å². The second kappa shape index (κ2) is 8.16. The molecule has 3 rings (SSSR count). The average molecular weight is 388 g/mol. The normalized spacial score (nSPS) is 15.5. The van der Waals surface area contributed by atoms with E-state index in [-0.39, 0.29) is 37.4 Å². The van der Waals surface area contributed by atoms with Gasteiger partial charge in [-0.1, -0.05) is 30.3 Å². The lowest BCUT2D eigenvalue weighted by Gasteiger charge is -2.30. The lowest BCUT2D eigenvalue weighted by atomic mass is 9.89. The second-order valence-corrected chi connectivity index (χ2v) is 6.51. The number of carboxylic acid groups (broad SMARTS) is 1. The Kier molecular flexibility index (Phi) is 5.67. The molecule has 2 aromatic rings. The van der Waals surface area contributed by atoms with Crippen LogP contribution in [0.3, 0.4) is 0 Å². The molecule has 6 nitrogen and oxygen atoms in total. The van der Waals surface area contributed by atoms with Gasteiger partial charge in [0.2, 0.25) is 11.8 Å². The number of amides is 2. The van der Waals surface area contributed by atoms with Crippen molar-refractivity contribution in [2.24, 2.45) is 0 Å². The first-order chi connectivity index (χ1) is 13.4. The Bertz CT molecular complexity index is 932. The zero-order chi connectivity index (χ0) is 20.3. The average Bonchev–Trinajstić information content (AvgIpc) is 2.67. The fourth-order valence-corrected chi connectivity index (χ4v) is 3.23. The highest BCUT2D eigenvalue weighted by atomic mass is 19.2. The van der Waals surface area contributed by atoms with Gasteiger partial charge in [0.15, 0.2) is 11.6 Å². The van der Waals surface area contributed by atoms with Gasteiger partial charge in [-0.25, -0.2) is 8.78 Å². The molecule has 0 radical (unpaired) electrons. The van der Waals surface area contributed by atoms with E-state index in [0.717, 1.165) is 11.0 Å². The third kappa shape index (κ3) is 4.16. The maximum absolute atomic E-state index is 14.1. The predicted octanol–water partition coefficient (Wildman–Crippen LogP) is 2.89. The van der Waals surface area contributed by atoms with E-state index in [4.69, 9.17) is 5.11 Å². The van der Waals surface area contributed by atoms with Gasteiger partial charge in [-0.2, -0.15) is 0 Å². The molecule has 28 heavy (non-hydrogen) atoms. The monoisotopic (exact) mass is 388 g/mol. The molecule has 8 heteroatoms. The number of benzene rings is 2. The molecule has 0 fully saturated rings. The zero-order valence-corrected chi connectivity index (χ0v) is 14.8. The quantitative estimate of drug-likeness (QED) is 0.797. The minimum absolute atomic E-state index is 0.0627. The van der Waals surface area contributed by atoms with Gasteiger partial charge in [0.1, 0.15) is 0 Å². The van der Waals surface area contributed by atoms with E-state index in [2.05, 4.69) is 5.32 Å². The predicted molar refractivity (Wildman–Crippen MR) is 96.5 cm³/mol. The largest absolute Gasteiger partial charge is 0.481 e. The van der Waals surface area contributed by atoms with Crippen molar-refractivity contribution in [1.29, 1.82) is 0 Å². The number of aliphatic carboxylic acids is 1. The van der Waals surface area contributed by atoms with Crippen LogP contribution in [0.1, 0.15) is 29.9 Å². The molecule has 1 aliphatic rings. The number of carbonyl (C=O) groups excluding carboxylic acids is 2. The van der Waals surface area contributed by atoms with Crippen molar-refractivity contribution >= 4 is 23.5 Å². The topological polar surface area (TPSA) is 86.7 Å². The smallest absolute Gasteiger partial charge is 0.305 e. The summed E-state index contributed by atoms with van der Waals surface area (Å²) < 4.78 is 27.6. The molecule has 0 spiro atoms. The standard InChI is InChI=1S/C20H18F2N2O4/c21-15-6-3-4-12(19(15)22)11-24(9-8-18(26)27)20(28)14-10-17(25)23-16-7-2-1-5-13(14)16/h1-7,14H,8-11H2,(H,23,25)(H,26,27)/t14-/m1/s1. The summed E-state index contributed by atoms with van der Waals surface area (Å²) in [6.07, 6.45) is -0.464. The number of hydrogen-bond donors (Lipinski definition) is 2. The second-order valence-electron chi connectivity index (χ2n) is 6.51. The van der Waals surface area contributed by atoms with Gasteiger partial charge in [0.25, 0.3) is 0 Å². The first-order valence-corrected chi connectivity index (χ1v) is 8.69. The molecule has 0 saturated heterocycles. The molecular formula is C20H18F2N2O4. The van der Waals surface area contributed by atoms with Gasteiger partial charge < -0.3 is 15.3 Å². The number of hydrogen-bond acceptors (Lipinski definition) is 3. The Labute approximate surface area is 159 Å². The Hall–Kier alpha value is -3.29. The number of para-hydroxylation sites is 1. The number of nitrogens with one attached hydrogen (secondary N) is 1. The molecule has 146 valence electrons. The number of carbonyl (C=O) groups is 3. The van der Waals surface area contributed by atoms with E-state index in [1.54, 1.807) is 24.3 Å². The Morgan fingerprint density at radius 2 is 1.89 bits per heavy atom. The van der Waals surface area contributed by atoms with Crippen LogP contribution in [0.4, 0.5) is 14.5 Å². The van der Waals surface area contributed by atoms with Gasteiger partial charge in [-0.05, 0) is 17.7 Å². The summed E-state index contributed by atoms with van der Waals surface area (Å²) in [5.41, 5.74) is 1.05. The summed E-state index contributed by atoms with van der Waals surface area (Å²) in [5.74, 6) is -4.93. The van der Waals surface area contributed by atoms with E-state index in [1.807, 2.05) is 0 Å². The van der Waals surface area contributed by atoms with Crippen LogP contribution < -0.4 is 5.32 Å². The van der Waals surface area contributed by atoms with Crippen LogP contribution in [0.25, 0.3) is 0 Å². The van der Waals surface area contributed by atoms with Crippen LogP contribution in [0.15, 0.2) is 42.5 Å². The van der Waals surface area contributed by atoms with Gasteiger partial charge in [0.05, 0.1) is 12.3 Å². The molecule has 0 saturated carbocycles. The number of anilines is 1. The van der Waals surface area contributed by atoms with E-state index < -0.39 is 29.4 Å². The van der Waals surface area contributed by atoms with Crippen molar-refractivity contribution in [2.75, 3.05) is 11.9 Å². The summed E-state index contributed by atoms with van der Waals surface area (Å²) in [4.78, 5) is 37.3. The Morgan fingerprint density at radius 3 is 2.64 bits per heavy atom. The molecule has 0 bridgehead atoms. The lowest BCUT2D eigenvalue weighted by Crippen LogP contribution is -2.39. The first kappa shape index (κ1) is 19.5. The van der Waals surface area contributed by atoms with Crippen LogP contribution >= 0.6 is 0 Å². The molecule has 0 aliphatic carbocycles. The third-order valence-corrected chi connectivity index (χ3v) is 4.60. The van der Waals surface area contributed by atoms with Crippen LogP contribution in [0.2, 0.25) is 0 Å². The van der Waals surface area contributed by atoms with Crippen LogP contribution in [0, 0.1) is 11.6 Å². The first-order valence-electron chi connectivity index (χ1n) is 8.69. The molecule has 2 amide bonds. The minimum atomic E-state index is -1.13. The molecule has 2 aromatic carbocycles. The van der Waals surface area contributed by atoms with Gasteiger partial charge in [-0.3, -0.25) is 14.4 Å². The van der Waals surface area contributed by atoms with E-state index in [1.165, 1.54) is 12.1 Å². The van der Waals surface area contributed by atoms with E-state index in [0.29, 0.717) is 11.3 Å². The molecule has 1 heterocycles. The van der Waals surface area contributed by atoms with E-state index >= 15 is 0 Å². The highest BCUT2D eigenvalue weighted by Crippen LogP contribution is 2.33. The summed E-state index contributed by atoms with van der Waals surface area (Å²) in [6, 6.07) is 10.4. The minimum Gasteiger partial charge on any atom is -0.481 e. The van der Waals surface area contributed by atoms with Gasteiger partial charge in [0, 0.05) is 30.8 Å². The fraction of sp³-hybridized carbons (Fsp3) is 0.250. The zero-order valence-electron chi connectivity index (χ0n) is 14.8. The fourth-order valence-electron chi connectivity index (χ4n) is 3.23. The molecular weight excluding hydrogens is 370 g/mol. The van der Waals surface area contributed by atoms with Crippen molar-refractivity contribution in [3.8, 4) is 0 Å². The number of rotatable bonds is 6. The number of nitrogens with zero attached hydrogens (tertiary/aromatic N) is 1. The Balaban J connectivity index is 1.91. The number of carboxylic acids is 1. The lowest BCUT2D eigenvalue weighted by molar-refractivity contribution is -0.140. The van der Waals surface area contributed by atoms with E-state index in [9.17, 15) is 23.2 Å². The number of fused-ring (bicyclic) bond motifs is 1. The molecule has 0 unspecified atom stereocenters.